The van der Waals surface area contributed by atoms with Crippen molar-refractivity contribution in [2.45, 2.75) is 69.6 Å². The zero-order valence-corrected chi connectivity index (χ0v) is 11.7. The molecule has 1 aliphatic carbocycles. The second-order valence-corrected chi connectivity index (χ2v) is 6.95. The number of hydrogen-bond donors (Lipinski definition) is 2. The van der Waals surface area contributed by atoms with Gasteiger partial charge in [0, 0.05) is 0 Å². The molecule has 1 rings (SSSR count). The summed E-state index contributed by atoms with van der Waals surface area (Å²) in [6.07, 6.45) is 6.13. The summed E-state index contributed by atoms with van der Waals surface area (Å²) in [4.78, 5) is 11.0. The molecule has 0 aromatic rings. The van der Waals surface area contributed by atoms with Crippen molar-refractivity contribution >= 4 is 16.0 Å². The first-order chi connectivity index (χ1) is 8.47. The number of sulfonamides is 1. The van der Waals surface area contributed by atoms with Gasteiger partial charge in [-0.15, -0.1) is 0 Å². The van der Waals surface area contributed by atoms with Gasteiger partial charge in [0.1, 0.15) is 6.04 Å². The van der Waals surface area contributed by atoms with Crippen LogP contribution in [0.3, 0.4) is 0 Å². The van der Waals surface area contributed by atoms with Gasteiger partial charge < -0.3 is 5.11 Å². The van der Waals surface area contributed by atoms with Gasteiger partial charge in [-0.1, -0.05) is 39.0 Å². The lowest BCUT2D eigenvalue weighted by atomic mass is 10.0. The number of rotatable bonds is 7. The average molecular weight is 277 g/mol. The van der Waals surface area contributed by atoms with Gasteiger partial charge in [-0.2, -0.15) is 0 Å². The molecule has 106 valence electrons. The number of carboxylic acid groups (broad SMARTS) is 1. The molecule has 1 unspecified atom stereocenters. The number of unbranched alkanes of at least 4 members (excludes halogenated alkanes) is 1. The van der Waals surface area contributed by atoms with Gasteiger partial charge in [0.25, 0.3) is 0 Å². The molecule has 0 amide bonds. The molecule has 0 bridgehead atoms. The van der Waals surface area contributed by atoms with Crippen molar-refractivity contribution in [3.8, 4) is 0 Å². The third-order valence-corrected chi connectivity index (χ3v) is 5.40. The summed E-state index contributed by atoms with van der Waals surface area (Å²) in [7, 11) is -3.49. The molecule has 1 fully saturated rings. The fourth-order valence-corrected chi connectivity index (χ4v) is 4.07. The summed E-state index contributed by atoms with van der Waals surface area (Å²) in [6, 6.07) is -0.975. The van der Waals surface area contributed by atoms with E-state index < -0.39 is 27.3 Å². The molecule has 5 nitrogen and oxygen atoms in total. The standard InChI is InChI=1S/C12H23NO4S/c1-2-3-9-11(12(14)15)13-18(16,17)10-7-5-4-6-8-10/h10-11,13H,2-9H2,1H3,(H,14,15). The van der Waals surface area contributed by atoms with Crippen LogP contribution in [-0.4, -0.2) is 30.8 Å². The van der Waals surface area contributed by atoms with Crippen LogP contribution in [0.2, 0.25) is 0 Å². The molecule has 1 atom stereocenters. The van der Waals surface area contributed by atoms with Crippen molar-refractivity contribution in [2.75, 3.05) is 0 Å². The van der Waals surface area contributed by atoms with E-state index in [9.17, 15) is 13.2 Å². The Morgan fingerprint density at radius 2 is 1.94 bits per heavy atom. The van der Waals surface area contributed by atoms with Crippen LogP contribution in [-0.2, 0) is 14.8 Å². The van der Waals surface area contributed by atoms with Gasteiger partial charge in [0.2, 0.25) is 10.0 Å². The molecule has 2 N–H and O–H groups in total. The predicted octanol–water partition coefficient (Wildman–Crippen LogP) is 1.88. The summed E-state index contributed by atoms with van der Waals surface area (Å²) >= 11 is 0. The van der Waals surface area contributed by atoms with Crippen molar-refractivity contribution < 1.29 is 18.3 Å². The largest absolute Gasteiger partial charge is 0.480 e. The Labute approximate surface area is 109 Å². The molecule has 0 radical (unpaired) electrons. The highest BCUT2D eigenvalue weighted by molar-refractivity contribution is 7.90. The van der Waals surface area contributed by atoms with E-state index in [1.807, 2.05) is 6.92 Å². The van der Waals surface area contributed by atoms with Gasteiger partial charge in [-0.05, 0) is 19.3 Å². The summed E-state index contributed by atoms with van der Waals surface area (Å²) in [6.45, 7) is 1.95. The van der Waals surface area contributed by atoms with Gasteiger partial charge in [-0.3, -0.25) is 4.79 Å². The first-order valence-electron chi connectivity index (χ1n) is 6.71. The molecule has 0 aliphatic heterocycles. The Balaban J connectivity index is 2.62. The molecule has 0 spiro atoms. The van der Waals surface area contributed by atoms with Crippen molar-refractivity contribution in [1.29, 1.82) is 0 Å². The Bertz CT molecular complexity index is 360. The van der Waals surface area contributed by atoms with Crippen LogP contribution < -0.4 is 4.72 Å². The molecule has 1 aliphatic rings. The maximum Gasteiger partial charge on any atom is 0.321 e. The lowest BCUT2D eigenvalue weighted by Crippen LogP contribution is -2.45. The highest BCUT2D eigenvalue weighted by Crippen LogP contribution is 2.23. The second-order valence-electron chi connectivity index (χ2n) is 4.96. The SMILES string of the molecule is CCCCC(NS(=O)(=O)C1CCCCC1)C(=O)O. The quantitative estimate of drug-likeness (QED) is 0.744. The maximum atomic E-state index is 12.1. The van der Waals surface area contributed by atoms with Gasteiger partial charge in [0.15, 0.2) is 0 Å². The van der Waals surface area contributed by atoms with E-state index in [4.69, 9.17) is 5.11 Å². The van der Waals surface area contributed by atoms with Crippen LogP contribution in [0.5, 0.6) is 0 Å². The molecule has 6 heteroatoms. The van der Waals surface area contributed by atoms with Crippen LogP contribution in [0, 0.1) is 0 Å². The minimum Gasteiger partial charge on any atom is -0.480 e. The highest BCUT2D eigenvalue weighted by Gasteiger charge is 2.31. The first-order valence-corrected chi connectivity index (χ1v) is 8.26. The van der Waals surface area contributed by atoms with E-state index >= 15 is 0 Å². The van der Waals surface area contributed by atoms with Crippen LogP contribution in [0.4, 0.5) is 0 Å². The summed E-state index contributed by atoms with van der Waals surface area (Å²) in [5.41, 5.74) is 0. The molecular weight excluding hydrogens is 254 g/mol. The van der Waals surface area contributed by atoms with E-state index in [-0.39, 0.29) is 0 Å². The molecule has 0 aromatic carbocycles. The summed E-state index contributed by atoms with van der Waals surface area (Å²) < 4.78 is 26.5. The lowest BCUT2D eigenvalue weighted by molar-refractivity contribution is -0.139. The van der Waals surface area contributed by atoms with Crippen molar-refractivity contribution in [3.63, 3.8) is 0 Å². The van der Waals surface area contributed by atoms with Gasteiger partial charge >= 0.3 is 5.97 Å². The molecule has 0 aromatic heterocycles. The third-order valence-electron chi connectivity index (χ3n) is 3.44. The van der Waals surface area contributed by atoms with E-state index in [2.05, 4.69) is 4.72 Å². The molecule has 1 saturated carbocycles. The number of carboxylic acids is 1. The van der Waals surface area contributed by atoms with Crippen LogP contribution in [0.1, 0.15) is 58.3 Å². The minimum atomic E-state index is -3.49. The number of aliphatic carboxylic acids is 1. The van der Waals surface area contributed by atoms with E-state index in [0.29, 0.717) is 25.7 Å². The van der Waals surface area contributed by atoms with Crippen LogP contribution >= 0.6 is 0 Å². The normalized spacial score (nSPS) is 19.6. The predicted molar refractivity (Wildman–Crippen MR) is 69.9 cm³/mol. The fourth-order valence-electron chi connectivity index (χ4n) is 2.31. The monoisotopic (exact) mass is 277 g/mol. The lowest BCUT2D eigenvalue weighted by Gasteiger charge is -2.24. The van der Waals surface area contributed by atoms with Gasteiger partial charge in [0.05, 0.1) is 5.25 Å². The number of nitrogens with one attached hydrogen (secondary N) is 1. The topological polar surface area (TPSA) is 83.5 Å². The van der Waals surface area contributed by atoms with Crippen molar-refractivity contribution in [1.82, 2.24) is 4.72 Å². The Morgan fingerprint density at radius 3 is 2.44 bits per heavy atom. The summed E-state index contributed by atoms with van der Waals surface area (Å²) in [5, 5.41) is 8.63. The average Bonchev–Trinajstić information content (AvgIpc) is 2.35. The highest BCUT2D eigenvalue weighted by atomic mass is 32.2. The van der Waals surface area contributed by atoms with E-state index in [0.717, 1.165) is 25.7 Å². The van der Waals surface area contributed by atoms with Crippen LogP contribution in [0.15, 0.2) is 0 Å². The van der Waals surface area contributed by atoms with Crippen molar-refractivity contribution in [2.24, 2.45) is 0 Å². The molecular formula is C12H23NO4S. The number of carbonyl (C=O) groups is 1. The zero-order valence-electron chi connectivity index (χ0n) is 10.9. The van der Waals surface area contributed by atoms with E-state index in [1.54, 1.807) is 0 Å². The van der Waals surface area contributed by atoms with Crippen molar-refractivity contribution in [3.05, 3.63) is 0 Å². The molecule has 0 saturated heterocycles. The zero-order chi connectivity index (χ0) is 13.6. The Hall–Kier alpha value is -0.620. The second kappa shape index (κ2) is 7.09. The summed E-state index contributed by atoms with van der Waals surface area (Å²) in [5.74, 6) is -1.08. The van der Waals surface area contributed by atoms with E-state index in [1.165, 1.54) is 0 Å². The third kappa shape index (κ3) is 4.57. The smallest absolute Gasteiger partial charge is 0.321 e. The first kappa shape index (κ1) is 15.4. The molecule has 0 heterocycles. The Kier molecular flexibility index (Phi) is 6.08. The minimum absolute atomic E-state index is 0.359. The Morgan fingerprint density at radius 1 is 1.33 bits per heavy atom. The maximum absolute atomic E-state index is 12.1. The van der Waals surface area contributed by atoms with Gasteiger partial charge in [-0.25, -0.2) is 13.1 Å². The fraction of sp³-hybridized carbons (Fsp3) is 0.917. The molecule has 18 heavy (non-hydrogen) atoms. The van der Waals surface area contributed by atoms with Crippen LogP contribution in [0.25, 0.3) is 0 Å². The number of hydrogen-bond acceptors (Lipinski definition) is 3.